The summed E-state index contributed by atoms with van der Waals surface area (Å²) in [7, 11) is 0. The molecule has 0 saturated heterocycles. The molecule has 4 heteroatoms. The lowest BCUT2D eigenvalue weighted by molar-refractivity contribution is 0.572. The molecule has 0 radical (unpaired) electrons. The number of nitrogens with zero attached hydrogens (tertiary/aromatic N) is 3. The summed E-state index contributed by atoms with van der Waals surface area (Å²) in [4.78, 5) is 15.4. The van der Waals surface area contributed by atoms with Crippen molar-refractivity contribution in [3.63, 3.8) is 0 Å². The van der Waals surface area contributed by atoms with Crippen molar-refractivity contribution in [2.24, 2.45) is 0 Å². The standard InChI is InChI=1S/C11H15N3O/c1-9-8-10(2)14(11(15)13-9)7-5-3-4-6-12/h8H,3-5,7H2,1-2H3. The maximum atomic E-state index is 11.5. The Kier molecular flexibility index (Phi) is 4.04. The summed E-state index contributed by atoms with van der Waals surface area (Å²) >= 11 is 0. The summed E-state index contributed by atoms with van der Waals surface area (Å²) in [6.07, 6.45) is 2.22. The van der Waals surface area contributed by atoms with Gasteiger partial charge in [-0.05, 0) is 32.8 Å². The normalized spacial score (nSPS) is 9.93. The van der Waals surface area contributed by atoms with Gasteiger partial charge in [0.25, 0.3) is 0 Å². The first-order valence-corrected chi connectivity index (χ1v) is 5.07. The molecule has 1 aromatic rings. The molecule has 4 nitrogen and oxygen atoms in total. The predicted molar refractivity (Wildman–Crippen MR) is 57.4 cm³/mol. The molecular weight excluding hydrogens is 190 g/mol. The van der Waals surface area contributed by atoms with Crippen LogP contribution in [0.4, 0.5) is 0 Å². The smallest absolute Gasteiger partial charge is 0.297 e. The number of aromatic nitrogens is 2. The third kappa shape index (κ3) is 3.21. The van der Waals surface area contributed by atoms with Gasteiger partial charge in [0.05, 0.1) is 6.07 Å². The van der Waals surface area contributed by atoms with Crippen molar-refractivity contribution in [3.05, 3.63) is 27.9 Å². The maximum Gasteiger partial charge on any atom is 0.347 e. The van der Waals surface area contributed by atoms with E-state index in [1.807, 2.05) is 19.9 Å². The van der Waals surface area contributed by atoms with Crippen LogP contribution in [0.15, 0.2) is 10.9 Å². The van der Waals surface area contributed by atoms with E-state index in [0.29, 0.717) is 13.0 Å². The molecule has 0 bridgehead atoms. The average Bonchev–Trinajstić information content (AvgIpc) is 2.15. The van der Waals surface area contributed by atoms with E-state index in [1.165, 1.54) is 0 Å². The van der Waals surface area contributed by atoms with E-state index < -0.39 is 0 Å². The van der Waals surface area contributed by atoms with Crippen LogP contribution in [0.2, 0.25) is 0 Å². The lowest BCUT2D eigenvalue weighted by atomic mass is 10.2. The van der Waals surface area contributed by atoms with E-state index in [4.69, 9.17) is 5.26 Å². The lowest BCUT2D eigenvalue weighted by Gasteiger charge is -2.08. The molecule has 80 valence electrons. The summed E-state index contributed by atoms with van der Waals surface area (Å²) in [6, 6.07) is 3.98. The van der Waals surface area contributed by atoms with Crippen molar-refractivity contribution >= 4 is 0 Å². The minimum atomic E-state index is -0.190. The van der Waals surface area contributed by atoms with Crippen LogP contribution in [0.5, 0.6) is 0 Å². The van der Waals surface area contributed by atoms with Crippen molar-refractivity contribution in [3.8, 4) is 6.07 Å². The van der Waals surface area contributed by atoms with Crippen LogP contribution in [0, 0.1) is 25.2 Å². The zero-order valence-electron chi connectivity index (χ0n) is 9.16. The number of unbranched alkanes of at least 4 members (excludes halogenated alkanes) is 2. The summed E-state index contributed by atoms with van der Waals surface area (Å²) in [6.45, 7) is 4.37. The minimum Gasteiger partial charge on any atom is -0.297 e. The van der Waals surface area contributed by atoms with Gasteiger partial charge in [0, 0.05) is 24.4 Å². The molecule has 0 unspecified atom stereocenters. The first kappa shape index (κ1) is 11.4. The Balaban J connectivity index is 2.70. The monoisotopic (exact) mass is 205 g/mol. The average molecular weight is 205 g/mol. The summed E-state index contributed by atoms with van der Waals surface area (Å²) in [5, 5.41) is 8.38. The molecule has 0 atom stereocenters. The van der Waals surface area contributed by atoms with Crippen LogP contribution in [0.3, 0.4) is 0 Å². The van der Waals surface area contributed by atoms with E-state index in [-0.39, 0.29) is 5.69 Å². The predicted octanol–water partition coefficient (Wildman–Crippen LogP) is 1.55. The Hall–Kier alpha value is -1.63. The van der Waals surface area contributed by atoms with Gasteiger partial charge in [-0.3, -0.25) is 4.57 Å². The number of nitriles is 1. The maximum absolute atomic E-state index is 11.5. The molecule has 0 fully saturated rings. The Morgan fingerprint density at radius 1 is 1.47 bits per heavy atom. The van der Waals surface area contributed by atoms with Crippen molar-refractivity contribution in [1.29, 1.82) is 5.26 Å². The fraction of sp³-hybridized carbons (Fsp3) is 0.545. The molecule has 0 aromatic carbocycles. The molecule has 0 aliphatic rings. The summed E-state index contributed by atoms with van der Waals surface area (Å²) in [5.74, 6) is 0. The molecule has 0 aliphatic heterocycles. The van der Waals surface area contributed by atoms with Crippen LogP contribution < -0.4 is 5.69 Å². The lowest BCUT2D eigenvalue weighted by Crippen LogP contribution is -2.25. The SMILES string of the molecule is Cc1cc(C)n(CCCCC#N)c(=O)n1. The Bertz CT molecular complexity index is 428. The quantitative estimate of drug-likeness (QED) is 0.701. The second-order valence-corrected chi connectivity index (χ2v) is 3.59. The fourth-order valence-electron chi connectivity index (χ4n) is 1.52. The van der Waals surface area contributed by atoms with Gasteiger partial charge in [-0.2, -0.15) is 10.2 Å². The molecule has 1 rings (SSSR count). The first-order valence-electron chi connectivity index (χ1n) is 5.07. The van der Waals surface area contributed by atoms with Gasteiger partial charge >= 0.3 is 5.69 Å². The molecule has 0 spiro atoms. The van der Waals surface area contributed by atoms with Gasteiger partial charge in [-0.15, -0.1) is 0 Å². The van der Waals surface area contributed by atoms with Crippen LogP contribution in [0.25, 0.3) is 0 Å². The van der Waals surface area contributed by atoms with E-state index in [0.717, 1.165) is 24.2 Å². The van der Waals surface area contributed by atoms with E-state index in [1.54, 1.807) is 4.57 Å². The molecule has 0 saturated carbocycles. The Morgan fingerprint density at radius 3 is 2.80 bits per heavy atom. The third-order valence-corrected chi connectivity index (χ3v) is 2.27. The van der Waals surface area contributed by atoms with Crippen molar-refractivity contribution in [2.45, 2.75) is 39.7 Å². The second-order valence-electron chi connectivity index (χ2n) is 3.59. The largest absolute Gasteiger partial charge is 0.347 e. The fourth-order valence-corrected chi connectivity index (χ4v) is 1.52. The van der Waals surface area contributed by atoms with E-state index >= 15 is 0 Å². The third-order valence-electron chi connectivity index (χ3n) is 2.27. The van der Waals surface area contributed by atoms with Crippen LogP contribution >= 0.6 is 0 Å². The van der Waals surface area contributed by atoms with Gasteiger partial charge in [-0.25, -0.2) is 4.79 Å². The van der Waals surface area contributed by atoms with Crippen LogP contribution in [-0.2, 0) is 6.54 Å². The van der Waals surface area contributed by atoms with E-state index in [2.05, 4.69) is 11.1 Å². The molecule has 0 N–H and O–H groups in total. The van der Waals surface area contributed by atoms with Crippen LogP contribution in [0.1, 0.15) is 30.7 Å². The number of rotatable bonds is 4. The molecule has 0 amide bonds. The minimum absolute atomic E-state index is 0.190. The first-order chi connectivity index (χ1) is 7.15. The Morgan fingerprint density at radius 2 is 2.20 bits per heavy atom. The highest BCUT2D eigenvalue weighted by atomic mass is 16.1. The Labute approximate surface area is 89.2 Å². The topological polar surface area (TPSA) is 58.7 Å². The summed E-state index contributed by atoms with van der Waals surface area (Å²) in [5.41, 5.74) is 1.50. The zero-order valence-corrected chi connectivity index (χ0v) is 9.16. The van der Waals surface area contributed by atoms with Gasteiger partial charge in [-0.1, -0.05) is 0 Å². The highest BCUT2D eigenvalue weighted by Crippen LogP contribution is 2.01. The summed E-state index contributed by atoms with van der Waals surface area (Å²) < 4.78 is 1.66. The van der Waals surface area contributed by atoms with Gasteiger partial charge in [0.1, 0.15) is 0 Å². The number of hydrogen-bond acceptors (Lipinski definition) is 3. The van der Waals surface area contributed by atoms with E-state index in [9.17, 15) is 4.79 Å². The highest BCUT2D eigenvalue weighted by molar-refractivity contribution is 5.06. The number of aryl methyl sites for hydroxylation is 2. The molecule has 1 aromatic heterocycles. The molecule has 15 heavy (non-hydrogen) atoms. The number of hydrogen-bond donors (Lipinski definition) is 0. The van der Waals surface area contributed by atoms with Gasteiger partial charge in [0.2, 0.25) is 0 Å². The van der Waals surface area contributed by atoms with Crippen LogP contribution in [-0.4, -0.2) is 9.55 Å². The molecule has 1 heterocycles. The van der Waals surface area contributed by atoms with Crippen molar-refractivity contribution in [2.75, 3.05) is 0 Å². The van der Waals surface area contributed by atoms with Crippen molar-refractivity contribution in [1.82, 2.24) is 9.55 Å². The molecule has 0 aliphatic carbocycles. The second kappa shape index (κ2) is 5.30. The van der Waals surface area contributed by atoms with Gasteiger partial charge in [0.15, 0.2) is 0 Å². The van der Waals surface area contributed by atoms with Gasteiger partial charge < -0.3 is 0 Å². The molecular formula is C11H15N3O. The zero-order chi connectivity index (χ0) is 11.3. The van der Waals surface area contributed by atoms with Crippen molar-refractivity contribution < 1.29 is 0 Å². The highest BCUT2D eigenvalue weighted by Gasteiger charge is 2.01.